The van der Waals surface area contributed by atoms with Gasteiger partial charge in [-0.3, -0.25) is 9.10 Å². The Balaban J connectivity index is 1.70. The number of sulfonamides is 1. The van der Waals surface area contributed by atoms with E-state index in [9.17, 15) is 13.2 Å². The fourth-order valence-corrected chi connectivity index (χ4v) is 5.53. The van der Waals surface area contributed by atoms with Crippen molar-refractivity contribution in [1.29, 1.82) is 0 Å². The lowest BCUT2D eigenvalue weighted by Crippen LogP contribution is -2.30. The number of fused-ring (bicyclic) bond motifs is 2. The number of hydrogen-bond donors (Lipinski definition) is 1. The summed E-state index contributed by atoms with van der Waals surface area (Å²) >= 11 is 0. The number of hydrogen-bond acceptors (Lipinski definition) is 4. The van der Waals surface area contributed by atoms with E-state index in [1.807, 2.05) is 29.7 Å². The molecule has 0 saturated heterocycles. The third kappa shape index (κ3) is 3.22. The lowest BCUT2D eigenvalue weighted by molar-refractivity contribution is -0.137. The molecular weight excluding hydrogens is 366 g/mol. The molecule has 0 saturated carbocycles. The van der Waals surface area contributed by atoms with Crippen LogP contribution >= 0.6 is 0 Å². The van der Waals surface area contributed by atoms with E-state index in [1.54, 1.807) is 6.20 Å². The molecule has 144 valence electrons. The summed E-state index contributed by atoms with van der Waals surface area (Å²) in [5, 5.41) is 9.12. The van der Waals surface area contributed by atoms with Gasteiger partial charge in [0.25, 0.3) is 10.0 Å². The molecule has 2 aromatic rings. The lowest BCUT2D eigenvalue weighted by atomic mass is 9.95. The molecule has 2 aliphatic rings. The van der Waals surface area contributed by atoms with Gasteiger partial charge < -0.3 is 9.67 Å². The van der Waals surface area contributed by atoms with Gasteiger partial charge in [0, 0.05) is 38.0 Å². The molecular formula is C19H23N3O4S. The van der Waals surface area contributed by atoms with Crippen LogP contribution in [0.3, 0.4) is 0 Å². The average Bonchev–Trinajstić information content (AvgIpc) is 3.22. The highest BCUT2D eigenvalue weighted by atomic mass is 32.2. The van der Waals surface area contributed by atoms with E-state index in [2.05, 4.69) is 4.98 Å². The second kappa shape index (κ2) is 6.67. The van der Waals surface area contributed by atoms with Crippen molar-refractivity contribution in [3.05, 3.63) is 41.3 Å². The minimum absolute atomic E-state index is 0.0186. The largest absolute Gasteiger partial charge is 0.481 e. The van der Waals surface area contributed by atoms with Gasteiger partial charge in [0.2, 0.25) is 0 Å². The quantitative estimate of drug-likeness (QED) is 0.849. The Morgan fingerprint density at radius 3 is 2.89 bits per heavy atom. The van der Waals surface area contributed by atoms with Crippen molar-refractivity contribution < 1.29 is 18.3 Å². The van der Waals surface area contributed by atoms with Gasteiger partial charge in [0.05, 0.1) is 5.69 Å². The second-order valence-electron chi connectivity index (χ2n) is 7.37. The van der Waals surface area contributed by atoms with Crippen LogP contribution in [0.1, 0.15) is 48.6 Å². The molecule has 27 heavy (non-hydrogen) atoms. The molecule has 1 atom stereocenters. The predicted octanol–water partition coefficient (Wildman–Crippen LogP) is 2.69. The van der Waals surface area contributed by atoms with E-state index in [0.717, 1.165) is 42.8 Å². The monoisotopic (exact) mass is 389 g/mol. The van der Waals surface area contributed by atoms with Crippen molar-refractivity contribution in [1.82, 2.24) is 9.55 Å². The predicted molar refractivity (Wildman–Crippen MR) is 100 cm³/mol. The van der Waals surface area contributed by atoms with Gasteiger partial charge in [-0.2, -0.15) is 8.42 Å². The van der Waals surface area contributed by atoms with E-state index >= 15 is 0 Å². The zero-order chi connectivity index (χ0) is 19.2. The maximum atomic E-state index is 13.3. The van der Waals surface area contributed by atoms with Gasteiger partial charge in [-0.05, 0) is 37.8 Å². The van der Waals surface area contributed by atoms with Gasteiger partial charge >= 0.3 is 5.97 Å². The van der Waals surface area contributed by atoms with Crippen LogP contribution in [-0.2, 0) is 27.8 Å². The summed E-state index contributed by atoms with van der Waals surface area (Å²) in [7, 11) is -3.78. The van der Waals surface area contributed by atoms with Crippen LogP contribution in [0.25, 0.3) is 0 Å². The highest BCUT2D eigenvalue weighted by molar-refractivity contribution is 7.92. The Morgan fingerprint density at radius 2 is 2.15 bits per heavy atom. The van der Waals surface area contributed by atoms with Crippen molar-refractivity contribution >= 4 is 21.7 Å². The van der Waals surface area contributed by atoms with Crippen LogP contribution in [0.5, 0.6) is 0 Å². The van der Waals surface area contributed by atoms with E-state index in [-0.39, 0.29) is 23.9 Å². The molecule has 0 fully saturated rings. The maximum Gasteiger partial charge on any atom is 0.303 e. The fourth-order valence-electron chi connectivity index (χ4n) is 4.02. The first kappa shape index (κ1) is 18.0. The Hall–Kier alpha value is -2.35. The Morgan fingerprint density at radius 1 is 1.33 bits per heavy atom. The summed E-state index contributed by atoms with van der Waals surface area (Å²) in [6.07, 6.45) is 4.93. The summed E-state index contributed by atoms with van der Waals surface area (Å²) in [6, 6.07) is 5.67. The van der Waals surface area contributed by atoms with Crippen molar-refractivity contribution in [3.63, 3.8) is 0 Å². The molecule has 2 aliphatic heterocycles. The van der Waals surface area contributed by atoms with Crippen molar-refractivity contribution in [2.75, 3.05) is 10.8 Å². The molecule has 1 aromatic carbocycles. The highest BCUT2D eigenvalue weighted by Gasteiger charge is 2.38. The zero-order valence-electron chi connectivity index (χ0n) is 15.3. The summed E-state index contributed by atoms with van der Waals surface area (Å²) < 4.78 is 30.0. The van der Waals surface area contributed by atoms with Gasteiger partial charge in [0.15, 0.2) is 5.03 Å². The number of carboxylic acids is 1. The van der Waals surface area contributed by atoms with E-state index in [0.29, 0.717) is 12.1 Å². The van der Waals surface area contributed by atoms with E-state index in [4.69, 9.17) is 5.11 Å². The second-order valence-corrected chi connectivity index (χ2v) is 9.18. The SMILES string of the molecule is Cc1ccc2c(c1)C(CCC(=O)O)CN2S(=O)(=O)c1cn2c(n1)CCCC2. The smallest absolute Gasteiger partial charge is 0.303 e. The number of aromatic nitrogens is 2. The number of benzene rings is 1. The lowest BCUT2D eigenvalue weighted by Gasteiger charge is -2.18. The molecule has 0 radical (unpaired) electrons. The van der Waals surface area contributed by atoms with Crippen LogP contribution < -0.4 is 4.31 Å². The molecule has 1 N–H and O–H groups in total. The number of carboxylic acid groups (broad SMARTS) is 1. The fraction of sp³-hybridized carbons (Fsp3) is 0.474. The summed E-state index contributed by atoms with van der Waals surface area (Å²) in [6.45, 7) is 3.01. The standard InChI is InChI=1S/C19H23N3O4S/c1-13-5-7-16-15(10-13)14(6-8-19(23)24)11-22(16)27(25,26)18-12-21-9-3-2-4-17(21)20-18/h5,7,10,12,14H,2-4,6,8-9,11H2,1H3,(H,23,24). The normalized spacial score (nSPS) is 19.0. The van der Waals surface area contributed by atoms with E-state index in [1.165, 1.54) is 4.31 Å². The molecule has 0 amide bonds. The van der Waals surface area contributed by atoms with E-state index < -0.39 is 16.0 Å². The van der Waals surface area contributed by atoms with Crippen LogP contribution in [-0.4, -0.2) is 35.6 Å². The number of nitrogens with zero attached hydrogens (tertiary/aromatic N) is 3. The van der Waals surface area contributed by atoms with Crippen molar-refractivity contribution in [3.8, 4) is 0 Å². The molecule has 8 heteroatoms. The minimum Gasteiger partial charge on any atom is -0.481 e. The van der Waals surface area contributed by atoms with Crippen LogP contribution in [0.2, 0.25) is 0 Å². The number of aryl methyl sites for hydroxylation is 3. The maximum absolute atomic E-state index is 13.3. The summed E-state index contributed by atoms with van der Waals surface area (Å²) in [5.74, 6) is -0.166. The third-order valence-corrected chi connectivity index (χ3v) is 7.08. The van der Waals surface area contributed by atoms with Crippen LogP contribution in [0.15, 0.2) is 29.4 Å². The number of rotatable bonds is 5. The third-order valence-electron chi connectivity index (χ3n) is 5.43. The Kier molecular flexibility index (Phi) is 4.46. The number of aliphatic carboxylic acids is 1. The Labute approximate surface area is 158 Å². The topological polar surface area (TPSA) is 92.5 Å². The van der Waals surface area contributed by atoms with Gasteiger partial charge in [-0.15, -0.1) is 0 Å². The number of anilines is 1. The summed E-state index contributed by atoms with van der Waals surface area (Å²) in [4.78, 5) is 15.4. The first-order chi connectivity index (χ1) is 12.9. The minimum atomic E-state index is -3.78. The molecule has 1 aromatic heterocycles. The molecule has 1 unspecified atom stereocenters. The first-order valence-electron chi connectivity index (χ1n) is 9.27. The van der Waals surface area contributed by atoms with Gasteiger partial charge in [-0.25, -0.2) is 4.98 Å². The first-order valence-corrected chi connectivity index (χ1v) is 10.7. The molecule has 4 rings (SSSR count). The van der Waals surface area contributed by atoms with Crippen LogP contribution in [0, 0.1) is 6.92 Å². The van der Waals surface area contributed by atoms with Gasteiger partial charge in [0.1, 0.15) is 5.82 Å². The zero-order valence-corrected chi connectivity index (χ0v) is 16.1. The molecule has 0 bridgehead atoms. The average molecular weight is 389 g/mol. The number of carbonyl (C=O) groups is 1. The number of imidazole rings is 1. The summed E-state index contributed by atoms with van der Waals surface area (Å²) in [5.41, 5.74) is 2.58. The molecule has 0 aliphatic carbocycles. The van der Waals surface area contributed by atoms with Crippen molar-refractivity contribution in [2.24, 2.45) is 0 Å². The molecule has 7 nitrogen and oxygen atoms in total. The highest BCUT2D eigenvalue weighted by Crippen LogP contribution is 2.42. The van der Waals surface area contributed by atoms with Gasteiger partial charge in [-0.1, -0.05) is 17.7 Å². The molecule has 0 spiro atoms. The Bertz CT molecular complexity index is 973. The van der Waals surface area contributed by atoms with Crippen LogP contribution in [0.4, 0.5) is 5.69 Å². The molecule has 3 heterocycles. The van der Waals surface area contributed by atoms with Crippen molar-refractivity contribution in [2.45, 2.75) is 56.5 Å².